The fourth-order valence-electron chi connectivity index (χ4n) is 1.35. The van der Waals surface area contributed by atoms with Gasteiger partial charge in [0.15, 0.2) is 0 Å². The molecule has 0 aromatic carbocycles. The molecule has 2 heterocycles. The summed E-state index contributed by atoms with van der Waals surface area (Å²) in [5.74, 6) is 0.679. The van der Waals surface area contributed by atoms with Crippen molar-refractivity contribution >= 4 is 0 Å². The Hall–Kier alpha value is -0.870. The van der Waals surface area contributed by atoms with Gasteiger partial charge in [-0.3, -0.25) is 0 Å². The summed E-state index contributed by atoms with van der Waals surface area (Å²) in [5.41, 5.74) is 2.23. The Bertz CT molecular complexity index is 233. The number of fused-ring (bicyclic) bond motifs is 1. The van der Waals surface area contributed by atoms with E-state index in [1.54, 1.807) is 0 Å². The van der Waals surface area contributed by atoms with E-state index in [0.717, 1.165) is 30.9 Å². The quantitative estimate of drug-likeness (QED) is 0.512. The molecule has 60 valence electrons. The predicted octanol–water partition coefficient (Wildman–Crippen LogP) is -0.452. The van der Waals surface area contributed by atoms with Gasteiger partial charge in [-0.1, -0.05) is 0 Å². The average Bonchev–Trinajstić information content (AvgIpc) is 2.46. The van der Waals surface area contributed by atoms with Crippen LogP contribution in [0.2, 0.25) is 0 Å². The van der Waals surface area contributed by atoms with Gasteiger partial charge in [0, 0.05) is 19.5 Å². The molecule has 0 atom stereocenters. The highest BCUT2D eigenvalue weighted by Crippen LogP contribution is 2.10. The highest BCUT2D eigenvalue weighted by molar-refractivity contribution is 5.17. The van der Waals surface area contributed by atoms with E-state index in [-0.39, 0.29) is 6.61 Å². The number of imidazole rings is 1. The molecule has 11 heavy (non-hydrogen) atoms. The summed E-state index contributed by atoms with van der Waals surface area (Å²) in [5, 5.41) is 12.0. The van der Waals surface area contributed by atoms with E-state index in [4.69, 9.17) is 5.11 Å². The second-order valence-corrected chi connectivity index (χ2v) is 2.69. The van der Waals surface area contributed by atoms with Gasteiger partial charge in [0.25, 0.3) is 0 Å². The third-order valence-electron chi connectivity index (χ3n) is 1.90. The van der Waals surface area contributed by atoms with Crippen molar-refractivity contribution < 1.29 is 5.11 Å². The molecule has 0 aliphatic carbocycles. The van der Waals surface area contributed by atoms with Crippen molar-refractivity contribution in [2.45, 2.75) is 19.6 Å². The first-order valence-electron chi connectivity index (χ1n) is 3.78. The summed E-state index contributed by atoms with van der Waals surface area (Å²) in [7, 11) is 0. The van der Waals surface area contributed by atoms with Gasteiger partial charge in [0.05, 0.1) is 11.4 Å². The Labute approximate surface area is 64.7 Å². The number of aromatic amines is 1. The SMILES string of the molecule is OCc1nc2c([nH]1)CNCC2. The molecule has 3 N–H and O–H groups in total. The van der Waals surface area contributed by atoms with Gasteiger partial charge in [-0.2, -0.15) is 0 Å². The van der Waals surface area contributed by atoms with E-state index in [0.29, 0.717) is 5.82 Å². The first-order chi connectivity index (χ1) is 5.40. The summed E-state index contributed by atoms with van der Waals surface area (Å²) >= 11 is 0. The maximum absolute atomic E-state index is 8.77. The number of rotatable bonds is 1. The molecule has 1 aliphatic rings. The lowest BCUT2D eigenvalue weighted by molar-refractivity contribution is 0.272. The monoisotopic (exact) mass is 153 g/mol. The largest absolute Gasteiger partial charge is 0.388 e. The molecule has 0 saturated heterocycles. The molecular formula is C7H11N3O. The fourth-order valence-corrected chi connectivity index (χ4v) is 1.35. The molecule has 1 aliphatic heterocycles. The van der Waals surface area contributed by atoms with Gasteiger partial charge in [-0.15, -0.1) is 0 Å². The molecule has 0 fully saturated rings. The van der Waals surface area contributed by atoms with Gasteiger partial charge in [-0.05, 0) is 0 Å². The molecule has 1 aromatic rings. The first-order valence-corrected chi connectivity index (χ1v) is 3.78. The van der Waals surface area contributed by atoms with Crippen LogP contribution in [0, 0.1) is 0 Å². The normalized spacial score (nSPS) is 16.5. The minimum atomic E-state index is 0.00694. The zero-order chi connectivity index (χ0) is 7.68. The van der Waals surface area contributed by atoms with Gasteiger partial charge >= 0.3 is 0 Å². The molecule has 4 nitrogen and oxygen atoms in total. The smallest absolute Gasteiger partial charge is 0.132 e. The van der Waals surface area contributed by atoms with Crippen LogP contribution in [0.1, 0.15) is 17.2 Å². The lowest BCUT2D eigenvalue weighted by Gasteiger charge is -2.09. The average molecular weight is 153 g/mol. The van der Waals surface area contributed by atoms with Gasteiger partial charge in [-0.25, -0.2) is 4.98 Å². The summed E-state index contributed by atoms with van der Waals surface area (Å²) in [6, 6.07) is 0. The number of H-pyrrole nitrogens is 1. The molecular weight excluding hydrogens is 142 g/mol. The highest BCUT2D eigenvalue weighted by Gasteiger charge is 2.12. The van der Waals surface area contributed by atoms with Crippen LogP contribution in [0.15, 0.2) is 0 Å². The second-order valence-electron chi connectivity index (χ2n) is 2.69. The molecule has 0 amide bonds. The first kappa shape index (κ1) is 6.82. The molecule has 0 spiro atoms. The van der Waals surface area contributed by atoms with Crippen molar-refractivity contribution in [3.8, 4) is 0 Å². The number of nitrogens with one attached hydrogen (secondary N) is 2. The number of aromatic nitrogens is 2. The molecule has 1 aromatic heterocycles. The Morgan fingerprint density at radius 1 is 1.55 bits per heavy atom. The summed E-state index contributed by atoms with van der Waals surface area (Å²) in [6.45, 7) is 1.85. The van der Waals surface area contributed by atoms with Crippen LogP contribution in [0.5, 0.6) is 0 Å². The summed E-state index contributed by atoms with van der Waals surface area (Å²) in [6.07, 6.45) is 0.964. The standard InChI is InChI=1S/C7H11N3O/c11-4-7-9-5-1-2-8-3-6(5)10-7/h8,11H,1-4H2,(H,9,10). The lowest BCUT2D eigenvalue weighted by atomic mass is 10.2. The van der Waals surface area contributed by atoms with E-state index >= 15 is 0 Å². The van der Waals surface area contributed by atoms with Crippen molar-refractivity contribution in [2.24, 2.45) is 0 Å². The van der Waals surface area contributed by atoms with Crippen molar-refractivity contribution in [3.63, 3.8) is 0 Å². The van der Waals surface area contributed by atoms with E-state index in [9.17, 15) is 0 Å². The van der Waals surface area contributed by atoms with Gasteiger partial charge < -0.3 is 15.4 Å². The van der Waals surface area contributed by atoms with E-state index < -0.39 is 0 Å². The van der Waals surface area contributed by atoms with E-state index in [1.807, 2.05) is 0 Å². The summed E-state index contributed by atoms with van der Waals surface area (Å²) in [4.78, 5) is 7.28. The molecule has 0 bridgehead atoms. The van der Waals surface area contributed by atoms with E-state index in [2.05, 4.69) is 15.3 Å². The van der Waals surface area contributed by atoms with Crippen LogP contribution in [0.25, 0.3) is 0 Å². The van der Waals surface area contributed by atoms with Crippen molar-refractivity contribution in [1.82, 2.24) is 15.3 Å². The molecule has 0 saturated carbocycles. The second kappa shape index (κ2) is 2.64. The zero-order valence-electron chi connectivity index (χ0n) is 6.22. The van der Waals surface area contributed by atoms with Crippen LogP contribution in [-0.4, -0.2) is 21.6 Å². The topological polar surface area (TPSA) is 60.9 Å². The van der Waals surface area contributed by atoms with Crippen LogP contribution in [-0.2, 0) is 19.6 Å². The third-order valence-corrected chi connectivity index (χ3v) is 1.90. The maximum Gasteiger partial charge on any atom is 0.132 e. The van der Waals surface area contributed by atoms with Crippen LogP contribution in [0.4, 0.5) is 0 Å². The zero-order valence-corrected chi connectivity index (χ0v) is 6.22. The fraction of sp³-hybridized carbons (Fsp3) is 0.571. The number of aliphatic hydroxyl groups is 1. The van der Waals surface area contributed by atoms with Crippen molar-refractivity contribution in [3.05, 3.63) is 17.2 Å². The van der Waals surface area contributed by atoms with Crippen molar-refractivity contribution in [1.29, 1.82) is 0 Å². The highest BCUT2D eigenvalue weighted by atomic mass is 16.3. The number of hydrogen-bond donors (Lipinski definition) is 3. The lowest BCUT2D eigenvalue weighted by Crippen LogP contribution is -2.23. The third kappa shape index (κ3) is 1.15. The number of hydrogen-bond acceptors (Lipinski definition) is 3. The van der Waals surface area contributed by atoms with Crippen LogP contribution >= 0.6 is 0 Å². The molecule has 4 heteroatoms. The Balaban J connectivity index is 2.32. The van der Waals surface area contributed by atoms with Gasteiger partial charge in [0.1, 0.15) is 12.4 Å². The maximum atomic E-state index is 8.77. The molecule has 0 radical (unpaired) electrons. The number of aliphatic hydroxyl groups excluding tert-OH is 1. The minimum absolute atomic E-state index is 0.00694. The molecule has 0 unspecified atom stereocenters. The van der Waals surface area contributed by atoms with E-state index in [1.165, 1.54) is 0 Å². The van der Waals surface area contributed by atoms with Crippen LogP contribution < -0.4 is 5.32 Å². The Kier molecular flexibility index (Phi) is 1.63. The molecule has 2 rings (SSSR count). The van der Waals surface area contributed by atoms with Gasteiger partial charge in [0.2, 0.25) is 0 Å². The van der Waals surface area contributed by atoms with Crippen LogP contribution in [0.3, 0.4) is 0 Å². The predicted molar refractivity (Wildman–Crippen MR) is 39.9 cm³/mol. The summed E-state index contributed by atoms with van der Waals surface area (Å²) < 4.78 is 0. The minimum Gasteiger partial charge on any atom is -0.388 e. The van der Waals surface area contributed by atoms with Crippen molar-refractivity contribution in [2.75, 3.05) is 6.54 Å². The number of nitrogens with zero attached hydrogens (tertiary/aromatic N) is 1. The Morgan fingerprint density at radius 2 is 2.45 bits per heavy atom. The Morgan fingerprint density at radius 3 is 3.18 bits per heavy atom.